The Morgan fingerprint density at radius 2 is 1.83 bits per heavy atom. The quantitative estimate of drug-likeness (QED) is 0.456. The molecule has 0 N–H and O–H groups in total. The number of benzene rings is 1. The first-order valence-corrected chi connectivity index (χ1v) is 3.98. The first-order valence-electron chi connectivity index (χ1n) is 3.98. The highest BCUT2D eigenvalue weighted by molar-refractivity contribution is 5.95. The molecule has 0 aliphatic rings. The summed E-state index contributed by atoms with van der Waals surface area (Å²) in [7, 11) is 3.81. The van der Waals surface area contributed by atoms with Crippen molar-refractivity contribution in [3.05, 3.63) is 30.3 Å². The molecule has 0 aliphatic carbocycles. The van der Waals surface area contributed by atoms with Gasteiger partial charge in [-0.3, -0.25) is 4.99 Å². The third-order valence-electron chi connectivity index (χ3n) is 1.95. The van der Waals surface area contributed by atoms with E-state index in [1.165, 1.54) is 5.69 Å². The van der Waals surface area contributed by atoms with Crippen molar-refractivity contribution in [2.24, 2.45) is 4.99 Å². The predicted octanol–water partition coefficient (Wildman–Crippen LogP) is 2.17. The number of hydrogen-bond donors (Lipinski definition) is 0. The van der Waals surface area contributed by atoms with E-state index < -0.39 is 0 Å². The largest absolute Gasteiger partial charge is 0.334 e. The van der Waals surface area contributed by atoms with Gasteiger partial charge in [0.05, 0.1) is 5.84 Å². The number of rotatable bonds is 1. The highest BCUT2D eigenvalue weighted by Gasteiger charge is 2.00. The number of amidine groups is 1. The Hall–Kier alpha value is -1.31. The molecule has 12 heavy (non-hydrogen) atoms. The Bertz CT molecular complexity index is 264. The number of hydrogen-bond acceptors (Lipinski definition) is 1. The Labute approximate surface area is 73.5 Å². The number of anilines is 1. The van der Waals surface area contributed by atoms with Gasteiger partial charge in [0.2, 0.25) is 0 Å². The fourth-order valence-electron chi connectivity index (χ4n) is 0.988. The van der Waals surface area contributed by atoms with Crippen LogP contribution < -0.4 is 4.90 Å². The summed E-state index contributed by atoms with van der Waals surface area (Å²) in [5.41, 5.74) is 1.17. The summed E-state index contributed by atoms with van der Waals surface area (Å²) >= 11 is 0. The monoisotopic (exact) mass is 162 g/mol. The number of para-hydroxylation sites is 1. The predicted molar refractivity (Wildman–Crippen MR) is 53.9 cm³/mol. The third kappa shape index (κ3) is 1.84. The zero-order valence-corrected chi connectivity index (χ0v) is 7.78. The summed E-state index contributed by atoms with van der Waals surface area (Å²) < 4.78 is 0. The molecule has 0 saturated heterocycles. The molecular weight excluding hydrogens is 148 g/mol. The van der Waals surface area contributed by atoms with Crippen LogP contribution >= 0.6 is 0 Å². The first kappa shape index (κ1) is 8.78. The van der Waals surface area contributed by atoms with Gasteiger partial charge in [-0.15, -0.1) is 0 Å². The maximum Gasteiger partial charge on any atom is 0.0995 e. The van der Waals surface area contributed by atoms with Crippen LogP contribution in [0.3, 0.4) is 0 Å². The molecule has 0 unspecified atom stereocenters. The second-order valence-electron chi connectivity index (χ2n) is 2.67. The summed E-state index contributed by atoms with van der Waals surface area (Å²) in [6.07, 6.45) is 0. The highest BCUT2D eigenvalue weighted by Crippen LogP contribution is 2.10. The molecule has 0 bridgehead atoms. The van der Waals surface area contributed by atoms with E-state index in [-0.39, 0.29) is 0 Å². The molecule has 0 atom stereocenters. The maximum atomic E-state index is 4.11. The second kappa shape index (κ2) is 3.90. The molecule has 1 rings (SSSR count). The molecule has 0 aromatic heterocycles. The molecule has 1 aromatic carbocycles. The minimum atomic E-state index is 1.02. The van der Waals surface area contributed by atoms with E-state index in [9.17, 15) is 0 Å². The lowest BCUT2D eigenvalue weighted by atomic mass is 10.3. The van der Waals surface area contributed by atoms with Crippen molar-refractivity contribution in [2.75, 3.05) is 19.0 Å². The summed E-state index contributed by atoms with van der Waals surface area (Å²) in [6.45, 7) is 1.99. The lowest BCUT2D eigenvalue weighted by Gasteiger charge is -2.17. The molecule has 64 valence electrons. The zero-order valence-electron chi connectivity index (χ0n) is 7.78. The Balaban J connectivity index is 2.86. The van der Waals surface area contributed by atoms with Gasteiger partial charge >= 0.3 is 0 Å². The van der Waals surface area contributed by atoms with E-state index in [2.05, 4.69) is 22.0 Å². The Morgan fingerprint density at radius 3 is 2.33 bits per heavy atom. The molecular formula is C10H14N2. The smallest absolute Gasteiger partial charge is 0.0995 e. The van der Waals surface area contributed by atoms with Crippen LogP contribution in [0.25, 0.3) is 0 Å². The first-order chi connectivity index (χ1) is 5.75. The number of nitrogens with zero attached hydrogens (tertiary/aromatic N) is 2. The molecule has 0 saturated carbocycles. The molecule has 0 fully saturated rings. The van der Waals surface area contributed by atoms with Crippen LogP contribution in [-0.4, -0.2) is 19.9 Å². The molecule has 2 nitrogen and oxygen atoms in total. The molecule has 0 radical (unpaired) electrons. The Morgan fingerprint density at radius 1 is 1.25 bits per heavy atom. The lowest BCUT2D eigenvalue weighted by Crippen LogP contribution is -2.22. The van der Waals surface area contributed by atoms with Crippen LogP contribution in [0.5, 0.6) is 0 Å². The van der Waals surface area contributed by atoms with E-state index in [1.807, 2.05) is 32.2 Å². The lowest BCUT2D eigenvalue weighted by molar-refractivity contribution is 1.22. The summed E-state index contributed by atoms with van der Waals surface area (Å²) in [5, 5.41) is 0. The topological polar surface area (TPSA) is 15.6 Å². The molecule has 0 amide bonds. The van der Waals surface area contributed by atoms with Gasteiger partial charge in [-0.2, -0.15) is 0 Å². The fraction of sp³-hybridized carbons (Fsp3) is 0.300. The zero-order chi connectivity index (χ0) is 8.97. The minimum absolute atomic E-state index is 1.02. The van der Waals surface area contributed by atoms with Crippen LogP contribution in [0.1, 0.15) is 6.92 Å². The van der Waals surface area contributed by atoms with E-state index in [1.54, 1.807) is 7.05 Å². The second-order valence-corrected chi connectivity index (χ2v) is 2.67. The van der Waals surface area contributed by atoms with Gasteiger partial charge < -0.3 is 4.90 Å². The van der Waals surface area contributed by atoms with Gasteiger partial charge in [-0.1, -0.05) is 18.2 Å². The minimum Gasteiger partial charge on any atom is -0.334 e. The van der Waals surface area contributed by atoms with Gasteiger partial charge in [0.15, 0.2) is 0 Å². The third-order valence-corrected chi connectivity index (χ3v) is 1.95. The maximum absolute atomic E-state index is 4.11. The summed E-state index contributed by atoms with van der Waals surface area (Å²) in [5.74, 6) is 1.02. The van der Waals surface area contributed by atoms with Crippen molar-refractivity contribution in [2.45, 2.75) is 6.92 Å². The average molecular weight is 162 g/mol. The van der Waals surface area contributed by atoms with Crippen molar-refractivity contribution in [1.82, 2.24) is 0 Å². The van der Waals surface area contributed by atoms with Crippen LogP contribution in [0.15, 0.2) is 35.3 Å². The van der Waals surface area contributed by atoms with E-state index in [4.69, 9.17) is 0 Å². The molecule has 0 aliphatic heterocycles. The van der Waals surface area contributed by atoms with Gasteiger partial charge in [0, 0.05) is 19.8 Å². The van der Waals surface area contributed by atoms with Gasteiger partial charge in [-0.05, 0) is 19.1 Å². The molecule has 0 heterocycles. The van der Waals surface area contributed by atoms with Gasteiger partial charge in [0.1, 0.15) is 0 Å². The SMILES string of the molecule is C/N=C(/C)N(C)c1ccccc1. The van der Waals surface area contributed by atoms with Gasteiger partial charge in [-0.25, -0.2) is 0 Å². The van der Waals surface area contributed by atoms with Crippen molar-refractivity contribution in [3.63, 3.8) is 0 Å². The molecule has 1 aromatic rings. The molecule has 0 spiro atoms. The standard InChI is InChI=1S/C10H14N2/c1-9(11-2)12(3)10-7-5-4-6-8-10/h4-8H,1-3H3/b11-9-. The van der Waals surface area contributed by atoms with Crippen molar-refractivity contribution in [1.29, 1.82) is 0 Å². The summed E-state index contributed by atoms with van der Waals surface area (Å²) in [6, 6.07) is 10.2. The van der Waals surface area contributed by atoms with E-state index in [0.717, 1.165) is 5.84 Å². The highest BCUT2D eigenvalue weighted by atomic mass is 15.2. The van der Waals surface area contributed by atoms with E-state index in [0.29, 0.717) is 0 Å². The number of aliphatic imine (C=N–C) groups is 1. The fourth-order valence-corrected chi connectivity index (χ4v) is 0.988. The summed E-state index contributed by atoms with van der Waals surface area (Å²) in [4.78, 5) is 6.16. The van der Waals surface area contributed by atoms with Crippen LogP contribution in [0, 0.1) is 0 Å². The van der Waals surface area contributed by atoms with E-state index >= 15 is 0 Å². The normalized spacial score (nSPS) is 11.4. The van der Waals surface area contributed by atoms with Crippen molar-refractivity contribution >= 4 is 11.5 Å². The van der Waals surface area contributed by atoms with Crippen molar-refractivity contribution in [3.8, 4) is 0 Å². The molecule has 2 heteroatoms. The Kier molecular flexibility index (Phi) is 2.86. The van der Waals surface area contributed by atoms with Crippen LogP contribution in [-0.2, 0) is 0 Å². The van der Waals surface area contributed by atoms with Crippen molar-refractivity contribution < 1.29 is 0 Å². The average Bonchev–Trinajstić information content (AvgIpc) is 2.17. The van der Waals surface area contributed by atoms with Crippen LogP contribution in [0.4, 0.5) is 5.69 Å². The van der Waals surface area contributed by atoms with Gasteiger partial charge in [0.25, 0.3) is 0 Å². The van der Waals surface area contributed by atoms with Crippen LogP contribution in [0.2, 0.25) is 0 Å².